The van der Waals surface area contributed by atoms with Crippen molar-refractivity contribution in [1.82, 2.24) is 39.5 Å². The predicted molar refractivity (Wildman–Crippen MR) is 248 cm³/mol. The number of carbonyl (C=O) groups is 4. The summed E-state index contributed by atoms with van der Waals surface area (Å²) in [5, 5.41) is 7.85. The Bertz CT molecular complexity index is 2210. The Morgan fingerprint density at radius 3 is 2.59 bits per heavy atom. The van der Waals surface area contributed by atoms with Gasteiger partial charge in [0.05, 0.1) is 41.4 Å². The zero-order chi connectivity index (χ0) is 45.4. The largest absolute Gasteiger partial charge is 0.467 e. The van der Waals surface area contributed by atoms with Gasteiger partial charge in [-0.3, -0.25) is 28.7 Å². The van der Waals surface area contributed by atoms with E-state index in [2.05, 4.69) is 60.3 Å². The number of carbonyl (C=O) groups excluding carboxylic acids is 4. The first-order chi connectivity index (χ1) is 30.2. The Balaban J connectivity index is 1.30. The number of methoxy groups -OCH3 is 2. The van der Waals surface area contributed by atoms with Crippen molar-refractivity contribution in [1.29, 1.82) is 0 Å². The van der Waals surface area contributed by atoms with Gasteiger partial charge in [0.2, 0.25) is 5.91 Å². The third-order valence-corrected chi connectivity index (χ3v) is 14.1. The number of amides is 4. The van der Waals surface area contributed by atoms with E-state index in [-0.39, 0.29) is 42.9 Å². The molecule has 4 amide bonds. The normalized spacial score (nSPS) is 16.2. The number of benzene rings is 1. The highest BCUT2D eigenvalue weighted by Crippen LogP contribution is 2.42. The lowest BCUT2D eigenvalue weighted by Gasteiger charge is -2.41. The van der Waals surface area contributed by atoms with Crippen molar-refractivity contribution in [3.8, 4) is 22.5 Å². The molecule has 0 aliphatic carbocycles. The Kier molecular flexibility index (Phi) is 16.3. The summed E-state index contributed by atoms with van der Waals surface area (Å²) >= 11 is 2.64. The van der Waals surface area contributed by atoms with Crippen LogP contribution in [0.2, 0.25) is 0 Å². The molecule has 63 heavy (non-hydrogen) atoms. The van der Waals surface area contributed by atoms with Crippen molar-refractivity contribution in [2.75, 3.05) is 60.7 Å². The highest BCUT2D eigenvalue weighted by Gasteiger charge is 2.37. The van der Waals surface area contributed by atoms with Crippen LogP contribution in [0.3, 0.4) is 0 Å². The number of thiazole rings is 1. The summed E-state index contributed by atoms with van der Waals surface area (Å²) in [4.78, 5) is 64.5. The fraction of sp³-hybridized carbons (Fsp3) is 0.565. The maximum Gasteiger partial charge on any atom is 0.329 e. The van der Waals surface area contributed by atoms with Crippen LogP contribution in [0, 0.1) is 17.3 Å². The molecule has 3 aromatic heterocycles. The Morgan fingerprint density at radius 1 is 1.14 bits per heavy atom. The molecule has 17 heteroatoms. The second-order valence-electron chi connectivity index (χ2n) is 17.6. The summed E-state index contributed by atoms with van der Waals surface area (Å²) < 4.78 is 20.2. The summed E-state index contributed by atoms with van der Waals surface area (Å²) in [7, 11) is 5.03. The van der Waals surface area contributed by atoms with Crippen LogP contribution in [0.15, 0.2) is 41.9 Å². The van der Waals surface area contributed by atoms with Crippen LogP contribution < -0.4 is 10.7 Å². The first-order valence-electron chi connectivity index (χ1n) is 21.9. The summed E-state index contributed by atoms with van der Waals surface area (Å²) in [6.45, 7) is 16.7. The van der Waals surface area contributed by atoms with Gasteiger partial charge in [0.15, 0.2) is 0 Å². The Morgan fingerprint density at radius 2 is 1.92 bits per heavy atom. The number of hydrazine groups is 1. The van der Waals surface area contributed by atoms with Crippen LogP contribution >= 0.6 is 23.3 Å². The van der Waals surface area contributed by atoms with Gasteiger partial charge in [-0.25, -0.2) is 15.2 Å². The monoisotopic (exact) mass is 904 g/mol. The lowest BCUT2D eigenvalue weighted by atomic mass is 9.84. The van der Waals surface area contributed by atoms with Gasteiger partial charge in [-0.2, -0.15) is 0 Å². The molecule has 2 aliphatic heterocycles. The molecular weight excluding hydrogens is 841 g/mol. The van der Waals surface area contributed by atoms with E-state index in [4.69, 9.17) is 24.2 Å². The minimum absolute atomic E-state index is 0.127. The zero-order valence-electron chi connectivity index (χ0n) is 38.1. The summed E-state index contributed by atoms with van der Waals surface area (Å²) in [6.07, 6.45) is 4.17. The fourth-order valence-electron chi connectivity index (χ4n) is 8.43. The molecule has 3 unspecified atom stereocenters. The molecule has 0 bridgehead atoms. The molecule has 2 fully saturated rings. The first-order valence-corrected chi connectivity index (χ1v) is 23.6. The lowest BCUT2D eigenvalue weighted by Crippen LogP contribution is -2.57. The van der Waals surface area contributed by atoms with Crippen molar-refractivity contribution < 1.29 is 33.4 Å². The van der Waals surface area contributed by atoms with Crippen molar-refractivity contribution in [3.63, 3.8) is 0 Å². The molecule has 342 valence electrons. The van der Waals surface area contributed by atoms with E-state index >= 15 is 0 Å². The molecule has 1 aromatic carbocycles. The number of aromatic nitrogens is 3. The molecular formula is C46H64N8O7S2. The van der Waals surface area contributed by atoms with E-state index in [1.165, 1.54) is 27.6 Å². The van der Waals surface area contributed by atoms with E-state index in [1.807, 2.05) is 32.2 Å². The average molecular weight is 905 g/mol. The highest BCUT2D eigenvalue weighted by molar-refractivity contribution is 7.98. The molecule has 3 atom stereocenters. The van der Waals surface area contributed by atoms with Crippen LogP contribution in [0.25, 0.3) is 33.4 Å². The Labute approximate surface area is 379 Å². The van der Waals surface area contributed by atoms with E-state index < -0.39 is 16.7 Å². The number of hydrogen-bond acceptors (Lipinski definition) is 12. The molecule has 0 spiro atoms. The molecule has 0 saturated carbocycles. The molecule has 2 aliphatic rings. The van der Waals surface area contributed by atoms with E-state index in [1.54, 1.807) is 37.4 Å². The number of ether oxygens (including phenoxy) is 3. The third-order valence-electron chi connectivity index (χ3n) is 11.8. The number of urea groups is 1. The molecule has 0 radical (unpaired) electrons. The molecule has 4 aromatic rings. The fourth-order valence-corrected chi connectivity index (χ4v) is 10.2. The van der Waals surface area contributed by atoms with Gasteiger partial charge in [-0.1, -0.05) is 33.8 Å². The van der Waals surface area contributed by atoms with Gasteiger partial charge in [0.25, 0.3) is 12.4 Å². The van der Waals surface area contributed by atoms with Gasteiger partial charge in [-0.05, 0) is 80.8 Å². The molecule has 15 nitrogen and oxygen atoms in total. The van der Waals surface area contributed by atoms with Gasteiger partial charge >= 0.3 is 6.03 Å². The molecule has 6 rings (SSSR count). The van der Waals surface area contributed by atoms with E-state index in [9.17, 15) is 19.2 Å². The minimum atomic E-state index is -0.885. The van der Waals surface area contributed by atoms with Gasteiger partial charge in [0.1, 0.15) is 11.3 Å². The number of nitrogens with zero attached hydrogens (tertiary/aromatic N) is 6. The zero-order valence-corrected chi connectivity index (χ0v) is 39.8. The van der Waals surface area contributed by atoms with E-state index in [0.717, 1.165) is 57.5 Å². The van der Waals surface area contributed by atoms with Gasteiger partial charge in [0, 0.05) is 105 Å². The summed E-state index contributed by atoms with van der Waals surface area (Å²) in [5.41, 5.74) is 9.52. The summed E-state index contributed by atoms with van der Waals surface area (Å²) in [6, 6.07) is 9.37. The number of hydrogen-bond donors (Lipinski definition) is 2. The summed E-state index contributed by atoms with van der Waals surface area (Å²) in [5.74, 6) is -0.351. The molecule has 2 N–H and O–H groups in total. The van der Waals surface area contributed by atoms with Crippen molar-refractivity contribution in [3.05, 3.63) is 58.2 Å². The highest BCUT2D eigenvalue weighted by atomic mass is 32.2. The Hall–Kier alpha value is -4.55. The second kappa shape index (κ2) is 21.4. The minimum Gasteiger partial charge on any atom is -0.467 e. The number of pyridine rings is 1. The van der Waals surface area contributed by atoms with E-state index in [0.29, 0.717) is 63.1 Å². The number of rotatable bonds is 20. The molecule has 5 heterocycles. The lowest BCUT2D eigenvalue weighted by molar-refractivity contribution is -0.140. The van der Waals surface area contributed by atoms with Gasteiger partial charge < -0.3 is 29.0 Å². The maximum atomic E-state index is 14.2. The maximum absolute atomic E-state index is 14.2. The van der Waals surface area contributed by atoms with Gasteiger partial charge in [-0.15, -0.1) is 11.3 Å². The first kappa shape index (κ1) is 47.9. The van der Waals surface area contributed by atoms with Crippen LogP contribution in [0.1, 0.15) is 76.8 Å². The second-order valence-corrected chi connectivity index (χ2v) is 19.8. The smallest absolute Gasteiger partial charge is 0.329 e. The number of fused-ring (bicyclic) bond motifs is 1. The quantitative estimate of drug-likeness (QED) is 0.0714. The van der Waals surface area contributed by atoms with Crippen LogP contribution in [-0.2, 0) is 48.0 Å². The topological polar surface area (TPSA) is 160 Å². The average Bonchev–Trinajstić information content (AvgIpc) is 3.86. The predicted octanol–water partition coefficient (Wildman–Crippen LogP) is 6.75. The third kappa shape index (κ3) is 11.2. The van der Waals surface area contributed by atoms with Crippen LogP contribution in [-0.4, -0.2) is 125 Å². The van der Waals surface area contributed by atoms with Crippen molar-refractivity contribution in [2.24, 2.45) is 17.3 Å². The number of nitrogens with one attached hydrogen (secondary N) is 2. The van der Waals surface area contributed by atoms with Crippen LogP contribution in [0.5, 0.6) is 0 Å². The number of likely N-dealkylation sites (tertiary alicyclic amines) is 1. The molecule has 2 saturated heterocycles. The van der Waals surface area contributed by atoms with Crippen molar-refractivity contribution in [2.45, 2.75) is 91.2 Å². The number of aryl methyl sites for hydroxylation is 1. The SMILES string of the molecule is CCn1c(-c2cccnc2C(C)OC)c(CC(C)(C)COC=O)c2cc(-c3csc(CC(NC(=O)C(SN(C)C(=O)N4CC(COC)C4)C(C)C)C(=O)N4CCCCN4)n3)ccc21. The standard InChI is InChI=1S/C46H64N8O7S2/c1-10-53-38-16-15-32(20-34(38)35(22-46(5,6)27-61-28-55)41(53)33-14-13-17-47-40(33)30(4)60-9)37-26-62-39(49-37)21-36(44(57)54-19-12-11-18-48-54)50-43(56)42(29(2)3)63-51(7)45(58)52-23-31(24-52)25-59-8/h13-17,20,26,28-31,36,42,48H,10-12,18-19,21-25,27H2,1-9H3,(H,50,56). The van der Waals surface area contributed by atoms with Crippen molar-refractivity contribution >= 4 is 58.5 Å². The van der Waals surface area contributed by atoms with Crippen LogP contribution in [0.4, 0.5) is 4.79 Å².